The predicted octanol–water partition coefficient (Wildman–Crippen LogP) is 1.48. The number of aromatic nitrogens is 2. The van der Waals surface area contributed by atoms with Crippen LogP contribution in [0.15, 0.2) is 36.7 Å². The van der Waals surface area contributed by atoms with Gasteiger partial charge in [-0.1, -0.05) is 12.1 Å². The Hall–Kier alpha value is -2.48. The van der Waals surface area contributed by atoms with E-state index < -0.39 is 12.7 Å². The quantitative estimate of drug-likeness (QED) is 0.847. The molecule has 2 N–H and O–H groups in total. The van der Waals surface area contributed by atoms with Gasteiger partial charge in [0.25, 0.3) is 5.91 Å². The Balaban J connectivity index is 1.94. The zero-order valence-electron chi connectivity index (χ0n) is 11.7. The Morgan fingerprint density at radius 1 is 1.50 bits per heavy atom. The van der Waals surface area contributed by atoms with Gasteiger partial charge in [-0.2, -0.15) is 13.9 Å². The van der Waals surface area contributed by atoms with Gasteiger partial charge in [-0.15, -0.1) is 0 Å². The fourth-order valence-electron chi connectivity index (χ4n) is 1.85. The van der Waals surface area contributed by atoms with E-state index in [9.17, 15) is 18.7 Å². The molecule has 0 radical (unpaired) electrons. The van der Waals surface area contributed by atoms with Crippen LogP contribution in [0.3, 0.4) is 0 Å². The van der Waals surface area contributed by atoms with Crippen LogP contribution in [0.4, 0.5) is 8.78 Å². The maximum Gasteiger partial charge on any atom is 0.387 e. The van der Waals surface area contributed by atoms with Crippen molar-refractivity contribution in [3.05, 3.63) is 47.8 Å². The van der Waals surface area contributed by atoms with Gasteiger partial charge in [-0.3, -0.25) is 9.48 Å². The molecular formula is C14H15F2N3O3. The van der Waals surface area contributed by atoms with Crippen molar-refractivity contribution in [3.8, 4) is 5.75 Å². The summed E-state index contributed by atoms with van der Waals surface area (Å²) in [6.07, 6.45) is 1.90. The monoisotopic (exact) mass is 311 g/mol. The molecule has 6 nitrogen and oxygen atoms in total. The Kier molecular flexibility index (Phi) is 5.05. The number of halogens is 2. The number of carbonyl (C=O) groups excluding carboxylic acids is 1. The molecule has 1 heterocycles. The lowest BCUT2D eigenvalue weighted by Gasteiger charge is -2.13. The number of amides is 1. The van der Waals surface area contributed by atoms with Crippen LogP contribution >= 0.6 is 0 Å². The number of nitrogens with one attached hydrogen (secondary N) is 1. The number of aryl methyl sites for hydroxylation is 1. The molecule has 2 aromatic rings. The van der Waals surface area contributed by atoms with E-state index in [2.05, 4.69) is 15.2 Å². The SMILES string of the molecule is Cn1cc(C(=O)NCC(O)c2cccc(OC(F)F)c2)cn1. The molecule has 0 spiro atoms. The van der Waals surface area contributed by atoms with Gasteiger partial charge in [-0.05, 0) is 17.7 Å². The second-order valence-electron chi connectivity index (χ2n) is 4.58. The average molecular weight is 311 g/mol. The summed E-state index contributed by atoms with van der Waals surface area (Å²) in [4.78, 5) is 11.8. The molecular weight excluding hydrogens is 296 g/mol. The van der Waals surface area contributed by atoms with Gasteiger partial charge in [0.1, 0.15) is 5.75 Å². The van der Waals surface area contributed by atoms with Crippen LogP contribution in [0.5, 0.6) is 5.75 Å². The lowest BCUT2D eigenvalue weighted by molar-refractivity contribution is -0.0499. The van der Waals surface area contributed by atoms with Crippen molar-refractivity contribution in [2.75, 3.05) is 6.54 Å². The molecule has 0 aliphatic carbocycles. The van der Waals surface area contributed by atoms with Crippen molar-refractivity contribution in [3.63, 3.8) is 0 Å². The molecule has 2 rings (SSSR count). The zero-order valence-corrected chi connectivity index (χ0v) is 11.7. The molecule has 1 amide bonds. The van der Waals surface area contributed by atoms with Gasteiger partial charge in [0.05, 0.1) is 17.9 Å². The van der Waals surface area contributed by atoms with Crippen LogP contribution in [-0.4, -0.2) is 34.0 Å². The number of alkyl halides is 2. The van der Waals surface area contributed by atoms with Gasteiger partial charge < -0.3 is 15.2 Å². The third-order valence-electron chi connectivity index (χ3n) is 2.89. The van der Waals surface area contributed by atoms with E-state index in [4.69, 9.17) is 0 Å². The van der Waals surface area contributed by atoms with Gasteiger partial charge in [0.15, 0.2) is 0 Å². The molecule has 1 unspecified atom stereocenters. The molecule has 8 heteroatoms. The van der Waals surface area contributed by atoms with E-state index in [-0.39, 0.29) is 18.2 Å². The predicted molar refractivity (Wildman–Crippen MR) is 73.6 cm³/mol. The summed E-state index contributed by atoms with van der Waals surface area (Å²) in [5, 5.41) is 16.4. The number of aliphatic hydroxyl groups is 1. The maximum atomic E-state index is 12.1. The molecule has 0 bridgehead atoms. The van der Waals surface area contributed by atoms with Crippen LogP contribution in [0.2, 0.25) is 0 Å². The van der Waals surface area contributed by atoms with Crippen LogP contribution in [0, 0.1) is 0 Å². The number of hydrogen-bond donors (Lipinski definition) is 2. The Bertz CT molecular complexity index is 646. The van der Waals surface area contributed by atoms with Crippen molar-refractivity contribution in [1.29, 1.82) is 0 Å². The summed E-state index contributed by atoms with van der Waals surface area (Å²) in [6, 6.07) is 5.70. The van der Waals surface area contributed by atoms with Crippen molar-refractivity contribution in [2.45, 2.75) is 12.7 Å². The Morgan fingerprint density at radius 2 is 2.27 bits per heavy atom. The van der Waals surface area contributed by atoms with Gasteiger partial charge in [0, 0.05) is 19.8 Å². The van der Waals surface area contributed by atoms with E-state index in [1.807, 2.05) is 0 Å². The van der Waals surface area contributed by atoms with Crippen LogP contribution in [0.1, 0.15) is 22.0 Å². The standard InChI is InChI=1S/C14H15F2N3O3/c1-19-8-10(6-18-19)13(21)17-7-12(20)9-3-2-4-11(5-9)22-14(15)16/h2-6,8,12,14,20H,7H2,1H3,(H,17,21). The summed E-state index contributed by atoms with van der Waals surface area (Å²) in [7, 11) is 1.68. The highest BCUT2D eigenvalue weighted by atomic mass is 19.3. The minimum Gasteiger partial charge on any atom is -0.435 e. The second kappa shape index (κ2) is 6.99. The first-order valence-corrected chi connectivity index (χ1v) is 6.45. The molecule has 0 saturated heterocycles. The summed E-state index contributed by atoms with van der Waals surface area (Å²) in [5.41, 5.74) is 0.731. The van der Waals surface area contributed by atoms with Gasteiger partial charge in [0.2, 0.25) is 0 Å². The average Bonchev–Trinajstić information content (AvgIpc) is 2.90. The van der Waals surface area contributed by atoms with Crippen molar-refractivity contribution < 1.29 is 23.4 Å². The second-order valence-corrected chi connectivity index (χ2v) is 4.58. The normalized spacial score (nSPS) is 12.2. The van der Waals surface area contributed by atoms with Gasteiger partial charge in [-0.25, -0.2) is 0 Å². The molecule has 0 fully saturated rings. The largest absolute Gasteiger partial charge is 0.435 e. The van der Waals surface area contributed by atoms with Crippen LogP contribution in [-0.2, 0) is 7.05 Å². The number of aliphatic hydroxyl groups excluding tert-OH is 1. The molecule has 0 aliphatic rings. The van der Waals surface area contributed by atoms with E-state index in [1.165, 1.54) is 29.1 Å². The summed E-state index contributed by atoms with van der Waals surface area (Å²) >= 11 is 0. The fraction of sp³-hybridized carbons (Fsp3) is 0.286. The Labute approximate surface area is 125 Å². The van der Waals surface area contributed by atoms with Gasteiger partial charge >= 0.3 is 6.61 Å². The van der Waals surface area contributed by atoms with E-state index in [1.54, 1.807) is 19.3 Å². The topological polar surface area (TPSA) is 76.4 Å². The highest BCUT2D eigenvalue weighted by Crippen LogP contribution is 2.20. The first-order chi connectivity index (χ1) is 10.5. The highest BCUT2D eigenvalue weighted by molar-refractivity contribution is 5.93. The van der Waals surface area contributed by atoms with Crippen LogP contribution < -0.4 is 10.1 Å². The molecule has 0 aliphatic heterocycles. The van der Waals surface area contributed by atoms with Crippen molar-refractivity contribution in [2.24, 2.45) is 7.05 Å². The number of benzene rings is 1. The smallest absolute Gasteiger partial charge is 0.387 e. The third kappa shape index (κ3) is 4.26. The Morgan fingerprint density at radius 3 is 2.91 bits per heavy atom. The molecule has 0 saturated carbocycles. The van der Waals surface area contributed by atoms with E-state index >= 15 is 0 Å². The van der Waals surface area contributed by atoms with E-state index in [0.29, 0.717) is 11.1 Å². The maximum absolute atomic E-state index is 12.1. The molecule has 22 heavy (non-hydrogen) atoms. The zero-order chi connectivity index (χ0) is 16.1. The summed E-state index contributed by atoms with van der Waals surface area (Å²) in [6.45, 7) is -3.00. The number of carbonyl (C=O) groups is 1. The fourth-order valence-corrected chi connectivity index (χ4v) is 1.85. The minimum atomic E-state index is -2.93. The third-order valence-corrected chi connectivity index (χ3v) is 2.89. The van der Waals surface area contributed by atoms with Crippen LogP contribution in [0.25, 0.3) is 0 Å². The number of hydrogen-bond acceptors (Lipinski definition) is 4. The number of nitrogens with zero attached hydrogens (tertiary/aromatic N) is 2. The first kappa shape index (κ1) is 15.9. The molecule has 118 valence electrons. The lowest BCUT2D eigenvalue weighted by Crippen LogP contribution is -2.28. The highest BCUT2D eigenvalue weighted by Gasteiger charge is 2.13. The summed E-state index contributed by atoms with van der Waals surface area (Å²) < 4.78 is 30.0. The van der Waals surface area contributed by atoms with E-state index in [0.717, 1.165) is 0 Å². The lowest BCUT2D eigenvalue weighted by atomic mass is 10.1. The van der Waals surface area contributed by atoms with Crippen molar-refractivity contribution >= 4 is 5.91 Å². The number of ether oxygens (including phenoxy) is 1. The number of rotatable bonds is 6. The first-order valence-electron chi connectivity index (χ1n) is 6.45. The molecule has 1 aromatic heterocycles. The van der Waals surface area contributed by atoms with Crippen molar-refractivity contribution in [1.82, 2.24) is 15.1 Å². The molecule has 1 aromatic carbocycles. The summed E-state index contributed by atoms with van der Waals surface area (Å²) in [5.74, 6) is -0.433. The molecule has 1 atom stereocenters. The minimum absolute atomic E-state index is 0.0508.